The number of rotatable bonds is 8. The Balaban J connectivity index is 3.15. The molecule has 0 fully saturated rings. The van der Waals surface area contributed by atoms with Crippen LogP contribution in [0.3, 0.4) is 0 Å². The van der Waals surface area contributed by atoms with Gasteiger partial charge in [0.05, 0.1) is 5.75 Å². The lowest BCUT2D eigenvalue weighted by molar-refractivity contribution is -0.116. The number of hydrogen-bond acceptors (Lipinski definition) is 2. The molecule has 2 heteroatoms. The molecule has 0 heterocycles. The van der Waals surface area contributed by atoms with E-state index in [4.69, 9.17) is 0 Å². The molecule has 0 bridgehead atoms. The van der Waals surface area contributed by atoms with E-state index in [1.807, 2.05) is 6.08 Å². The van der Waals surface area contributed by atoms with Crippen molar-refractivity contribution in [3.05, 3.63) is 12.7 Å². The molecule has 1 nitrogen and oxygen atoms in total. The number of hydrogen-bond donors (Lipinski definition) is 0. The molecule has 0 saturated heterocycles. The Kier molecular flexibility index (Phi) is 8.68. The fourth-order valence-electron chi connectivity index (χ4n) is 0.846. The maximum Gasteiger partial charge on any atom is 0.142 e. The van der Waals surface area contributed by atoms with Crippen molar-refractivity contribution < 1.29 is 4.79 Å². The summed E-state index contributed by atoms with van der Waals surface area (Å²) in [4.78, 5) is 11.1. The smallest absolute Gasteiger partial charge is 0.142 e. The fraction of sp³-hybridized carbons (Fsp3) is 0.700. The molecule has 0 amide bonds. The van der Waals surface area contributed by atoms with Crippen LogP contribution in [0.15, 0.2) is 12.7 Å². The second-order valence-electron chi connectivity index (χ2n) is 2.77. The van der Waals surface area contributed by atoms with Gasteiger partial charge < -0.3 is 0 Å². The molecule has 0 spiro atoms. The lowest BCUT2D eigenvalue weighted by Gasteiger charge is -1.98. The van der Waals surface area contributed by atoms with Gasteiger partial charge in [0.15, 0.2) is 0 Å². The number of carbonyl (C=O) groups excluding carboxylic acids is 1. The zero-order valence-corrected chi connectivity index (χ0v) is 8.66. The van der Waals surface area contributed by atoms with Crippen molar-refractivity contribution >= 4 is 17.5 Å². The van der Waals surface area contributed by atoms with Crippen LogP contribution in [0.2, 0.25) is 0 Å². The summed E-state index contributed by atoms with van der Waals surface area (Å²) in [6, 6.07) is 0. The molecule has 0 unspecified atom stereocenters. The van der Waals surface area contributed by atoms with Gasteiger partial charge in [-0.2, -0.15) is 11.8 Å². The van der Waals surface area contributed by atoms with Crippen LogP contribution < -0.4 is 0 Å². The van der Waals surface area contributed by atoms with Crippen molar-refractivity contribution in [3.8, 4) is 0 Å². The minimum atomic E-state index is 0.385. The second kappa shape index (κ2) is 8.85. The summed E-state index contributed by atoms with van der Waals surface area (Å²) in [6.45, 7) is 5.75. The molecule has 0 radical (unpaired) electrons. The van der Waals surface area contributed by atoms with Gasteiger partial charge >= 0.3 is 0 Å². The van der Waals surface area contributed by atoms with Gasteiger partial charge in [-0.3, -0.25) is 4.79 Å². The van der Waals surface area contributed by atoms with E-state index in [2.05, 4.69) is 13.5 Å². The maximum atomic E-state index is 11.1. The zero-order valence-electron chi connectivity index (χ0n) is 7.84. The van der Waals surface area contributed by atoms with Crippen molar-refractivity contribution in [2.24, 2.45) is 0 Å². The Morgan fingerprint density at radius 1 is 1.58 bits per heavy atom. The first-order valence-corrected chi connectivity index (χ1v) is 5.67. The van der Waals surface area contributed by atoms with Crippen LogP contribution in [-0.2, 0) is 4.79 Å². The lowest BCUT2D eigenvalue weighted by atomic mass is 10.2. The zero-order chi connectivity index (χ0) is 9.23. The maximum absolute atomic E-state index is 11.1. The van der Waals surface area contributed by atoms with E-state index in [-0.39, 0.29) is 0 Å². The molecule has 70 valence electrons. The predicted molar refractivity (Wildman–Crippen MR) is 56.7 cm³/mol. The van der Waals surface area contributed by atoms with Crippen molar-refractivity contribution in [3.63, 3.8) is 0 Å². The monoisotopic (exact) mass is 186 g/mol. The number of Topliss-reactive ketones (excluding diaryl/α,β-unsaturated/α-hetero) is 1. The molecule has 0 atom stereocenters. The van der Waals surface area contributed by atoms with E-state index in [0.717, 1.165) is 31.4 Å². The molecular formula is C10H18OS. The van der Waals surface area contributed by atoms with Crippen molar-refractivity contribution in [1.29, 1.82) is 0 Å². The molecule has 0 saturated carbocycles. The van der Waals surface area contributed by atoms with Crippen molar-refractivity contribution in [2.75, 3.05) is 11.5 Å². The number of ketones is 1. The largest absolute Gasteiger partial charge is 0.299 e. The lowest BCUT2D eigenvalue weighted by Crippen LogP contribution is -2.01. The molecule has 0 N–H and O–H groups in total. The van der Waals surface area contributed by atoms with Crippen LogP contribution in [0.4, 0.5) is 0 Å². The van der Waals surface area contributed by atoms with Gasteiger partial charge in [0.2, 0.25) is 0 Å². The SMILES string of the molecule is C=CCCCC(=O)CSCCC. The Morgan fingerprint density at radius 3 is 2.92 bits per heavy atom. The van der Waals surface area contributed by atoms with Crippen molar-refractivity contribution in [2.45, 2.75) is 32.6 Å². The Hall–Kier alpha value is -0.240. The van der Waals surface area contributed by atoms with Gasteiger partial charge in [-0.05, 0) is 25.0 Å². The first kappa shape index (κ1) is 11.8. The molecule has 0 aromatic rings. The summed E-state index contributed by atoms with van der Waals surface area (Å²) in [5, 5.41) is 0. The van der Waals surface area contributed by atoms with Crippen LogP contribution in [0.1, 0.15) is 32.6 Å². The average Bonchev–Trinajstić information content (AvgIpc) is 2.06. The standard InChI is InChI=1S/C10H18OS/c1-3-5-6-7-10(11)9-12-8-4-2/h3H,1,4-9H2,2H3. The molecule has 0 aromatic heterocycles. The summed E-state index contributed by atoms with van der Waals surface area (Å²) in [6.07, 6.45) is 5.68. The van der Waals surface area contributed by atoms with E-state index in [0.29, 0.717) is 11.5 Å². The van der Waals surface area contributed by atoms with Crippen LogP contribution in [0.25, 0.3) is 0 Å². The highest BCUT2D eigenvalue weighted by molar-refractivity contribution is 7.99. The normalized spacial score (nSPS) is 9.75. The van der Waals surface area contributed by atoms with Crippen LogP contribution >= 0.6 is 11.8 Å². The summed E-state index contributed by atoms with van der Waals surface area (Å²) in [5.41, 5.74) is 0. The first-order valence-electron chi connectivity index (χ1n) is 4.51. The highest BCUT2D eigenvalue weighted by Gasteiger charge is 1.99. The number of carbonyl (C=O) groups is 1. The summed E-state index contributed by atoms with van der Waals surface area (Å²) in [7, 11) is 0. The predicted octanol–water partition coefficient (Wildman–Crippen LogP) is 3.06. The van der Waals surface area contributed by atoms with Crippen LogP contribution in [0, 0.1) is 0 Å². The van der Waals surface area contributed by atoms with Gasteiger partial charge in [0.1, 0.15) is 5.78 Å². The quantitative estimate of drug-likeness (QED) is 0.428. The van der Waals surface area contributed by atoms with Crippen LogP contribution in [0.5, 0.6) is 0 Å². The van der Waals surface area contributed by atoms with Gasteiger partial charge in [-0.15, -0.1) is 6.58 Å². The minimum Gasteiger partial charge on any atom is -0.299 e. The van der Waals surface area contributed by atoms with Crippen LogP contribution in [-0.4, -0.2) is 17.3 Å². The third-order valence-electron chi connectivity index (χ3n) is 1.48. The molecule has 0 aliphatic carbocycles. The Bertz CT molecular complexity index is 132. The molecular weight excluding hydrogens is 168 g/mol. The molecule has 0 aromatic carbocycles. The first-order chi connectivity index (χ1) is 5.81. The van der Waals surface area contributed by atoms with E-state index >= 15 is 0 Å². The second-order valence-corrected chi connectivity index (χ2v) is 3.88. The summed E-state index contributed by atoms with van der Waals surface area (Å²) in [5.74, 6) is 2.19. The average molecular weight is 186 g/mol. The van der Waals surface area contributed by atoms with E-state index in [1.54, 1.807) is 11.8 Å². The van der Waals surface area contributed by atoms with E-state index in [1.165, 1.54) is 0 Å². The van der Waals surface area contributed by atoms with Gasteiger partial charge in [0, 0.05) is 6.42 Å². The van der Waals surface area contributed by atoms with E-state index in [9.17, 15) is 4.79 Å². The highest BCUT2D eigenvalue weighted by atomic mass is 32.2. The summed E-state index contributed by atoms with van der Waals surface area (Å²) >= 11 is 1.74. The number of unbranched alkanes of at least 4 members (excludes halogenated alkanes) is 1. The molecule has 0 aliphatic rings. The Morgan fingerprint density at radius 2 is 2.33 bits per heavy atom. The third kappa shape index (κ3) is 7.86. The number of allylic oxidation sites excluding steroid dienone is 1. The topological polar surface area (TPSA) is 17.1 Å². The third-order valence-corrected chi connectivity index (χ3v) is 2.70. The summed E-state index contributed by atoms with van der Waals surface area (Å²) < 4.78 is 0. The number of thioether (sulfide) groups is 1. The molecule has 0 aliphatic heterocycles. The highest BCUT2D eigenvalue weighted by Crippen LogP contribution is 2.05. The molecule has 0 rings (SSSR count). The minimum absolute atomic E-state index is 0.385. The molecule has 12 heavy (non-hydrogen) atoms. The van der Waals surface area contributed by atoms with Crippen molar-refractivity contribution in [1.82, 2.24) is 0 Å². The fourth-order valence-corrected chi connectivity index (χ4v) is 1.65. The van der Waals surface area contributed by atoms with Gasteiger partial charge in [0.25, 0.3) is 0 Å². The van der Waals surface area contributed by atoms with E-state index < -0.39 is 0 Å². The Labute approximate surface area is 79.6 Å². The van der Waals surface area contributed by atoms with Gasteiger partial charge in [-0.25, -0.2) is 0 Å². The van der Waals surface area contributed by atoms with Gasteiger partial charge in [-0.1, -0.05) is 13.0 Å².